The molecule has 0 amide bonds. The minimum atomic E-state index is 0.248. The van der Waals surface area contributed by atoms with E-state index in [4.69, 9.17) is 4.89 Å². The van der Waals surface area contributed by atoms with Crippen LogP contribution in [0.3, 0.4) is 0 Å². The van der Waals surface area contributed by atoms with E-state index in [0.717, 1.165) is 143 Å². The molecule has 0 fully saturated rings. The molecule has 16 rings (SSSR count). The lowest BCUT2D eigenvalue weighted by Gasteiger charge is -2.22. The molecule has 2 aliphatic carbocycles. The lowest BCUT2D eigenvalue weighted by Crippen LogP contribution is -1.96. The first-order valence-corrected chi connectivity index (χ1v) is 25.0. The Bertz CT molecular complexity index is 4680. The molecule has 0 aliphatic heterocycles. The second-order valence-corrected chi connectivity index (χ2v) is 19.7. The first-order valence-electron chi connectivity index (χ1n) is 25.0. The number of hydrogen-bond acceptors (Lipinski definition) is 3. The second-order valence-electron chi connectivity index (χ2n) is 19.7. The first-order chi connectivity index (χ1) is 36.2. The molecule has 3 nitrogen and oxygen atoms in total. The lowest BCUT2D eigenvalue weighted by molar-refractivity contribution is -0.136. The molecule has 0 unspecified atom stereocenters. The number of fused-ring (bicyclic) bond motifs is 10. The van der Waals surface area contributed by atoms with E-state index in [9.17, 15) is 10.4 Å². The Labute approximate surface area is 420 Å². The Morgan fingerprint density at radius 1 is 0.233 bits per heavy atom. The molecule has 0 saturated heterocycles. The van der Waals surface area contributed by atoms with Crippen LogP contribution in [0.5, 0.6) is 11.5 Å². The Morgan fingerprint density at radius 2 is 0.616 bits per heavy atom. The van der Waals surface area contributed by atoms with Gasteiger partial charge in [-0.15, -0.1) is 0 Å². The van der Waals surface area contributed by atoms with Gasteiger partial charge in [-0.05, 0) is 150 Å². The van der Waals surface area contributed by atoms with Gasteiger partial charge in [-0.3, -0.25) is 0 Å². The van der Waals surface area contributed by atoms with Crippen LogP contribution in [0.2, 0.25) is 0 Å². The summed E-state index contributed by atoms with van der Waals surface area (Å²) in [5.41, 5.74) is 19.9. The molecule has 14 aromatic carbocycles. The van der Waals surface area contributed by atoms with E-state index in [2.05, 4.69) is 224 Å². The molecule has 14 aromatic rings. The Balaban J connectivity index is 1.02. The van der Waals surface area contributed by atoms with Crippen molar-refractivity contribution >= 4 is 64.6 Å². The van der Waals surface area contributed by atoms with Crippen molar-refractivity contribution in [2.24, 2.45) is 0 Å². The van der Waals surface area contributed by atoms with Crippen molar-refractivity contribution in [2.45, 2.75) is 0 Å². The van der Waals surface area contributed by atoms with Crippen molar-refractivity contribution in [3.05, 3.63) is 231 Å². The average molecular weight is 929 g/mol. The standard InChI is InChI=1S/C70H40O3/c71-57-37-55-62-45(41-21-9-3-10-22-41)33-32-44(40-19-7-2-8-20-40)61(62)54-36-35-50-48-27-15-30-53-64(47-25-13-14-26-49(47)68(65(48)53)70(57)69(50)66(54)55)67-52-29-16-28-51-59(52)56(38-58(67)73-72)63-46(42-23-11-4-12-24-42)34-31-43(60(51)63)39-17-5-1-6-18-39/h1-38,71-72H. The van der Waals surface area contributed by atoms with Crippen LogP contribution in [0.1, 0.15) is 0 Å². The van der Waals surface area contributed by atoms with Crippen molar-refractivity contribution in [3.8, 4) is 112 Å². The van der Waals surface area contributed by atoms with Gasteiger partial charge >= 0.3 is 0 Å². The minimum absolute atomic E-state index is 0.248. The fourth-order valence-corrected chi connectivity index (χ4v) is 13.4. The molecule has 0 spiro atoms. The monoisotopic (exact) mass is 928 g/mol. The molecule has 0 atom stereocenters. The SMILES string of the molecule is OOc1cc2c3c(cccc3c1-c1c3ccccc3c3c4c(O)cc5c6c(ccc(c7cccc1c73)c64)-c1c(-c3ccccc3)ccc(-c3ccccc3)c1-5)-c1c(-c3ccccc3)ccc(-c3ccccc3)c1-2. The number of phenols is 1. The van der Waals surface area contributed by atoms with Crippen LogP contribution in [0, 0.1) is 0 Å². The molecule has 3 heteroatoms. The van der Waals surface area contributed by atoms with Gasteiger partial charge in [0.25, 0.3) is 0 Å². The van der Waals surface area contributed by atoms with Gasteiger partial charge in [0.15, 0.2) is 5.75 Å². The fraction of sp³-hybridized carbons (Fsp3) is 0. The highest BCUT2D eigenvalue weighted by atomic mass is 17.1. The largest absolute Gasteiger partial charge is 0.507 e. The van der Waals surface area contributed by atoms with E-state index < -0.39 is 0 Å². The van der Waals surface area contributed by atoms with Crippen molar-refractivity contribution in [1.82, 2.24) is 0 Å². The summed E-state index contributed by atoms with van der Waals surface area (Å²) in [5, 5.41) is 36.7. The first kappa shape index (κ1) is 40.2. The summed E-state index contributed by atoms with van der Waals surface area (Å²) in [4.78, 5) is 5.68. The molecule has 0 bridgehead atoms. The van der Waals surface area contributed by atoms with Crippen LogP contribution in [0.15, 0.2) is 231 Å². The normalized spacial score (nSPS) is 12.2. The molecular formula is C70H40O3. The summed E-state index contributed by atoms with van der Waals surface area (Å²) in [6.07, 6.45) is 0. The topological polar surface area (TPSA) is 49.7 Å². The number of phenolic OH excluding ortho intramolecular Hbond substituents is 1. The van der Waals surface area contributed by atoms with Crippen LogP contribution in [0.4, 0.5) is 0 Å². The molecule has 2 aliphatic rings. The highest BCUT2D eigenvalue weighted by Crippen LogP contribution is 2.62. The summed E-state index contributed by atoms with van der Waals surface area (Å²) in [6, 6.07) is 82.0. The third-order valence-corrected chi connectivity index (χ3v) is 16.2. The predicted octanol–water partition coefficient (Wildman–Crippen LogP) is 19.2. The highest BCUT2D eigenvalue weighted by molar-refractivity contribution is 6.45. The van der Waals surface area contributed by atoms with Gasteiger partial charge in [0.2, 0.25) is 0 Å². The van der Waals surface area contributed by atoms with Crippen LogP contribution in [-0.2, 0) is 0 Å². The molecule has 0 radical (unpaired) electrons. The van der Waals surface area contributed by atoms with E-state index in [1.807, 2.05) is 6.07 Å². The number of rotatable bonds is 6. The van der Waals surface area contributed by atoms with Gasteiger partial charge in [0, 0.05) is 27.3 Å². The van der Waals surface area contributed by atoms with E-state index in [0.29, 0.717) is 5.75 Å². The van der Waals surface area contributed by atoms with Gasteiger partial charge in [0.1, 0.15) is 5.75 Å². The average Bonchev–Trinajstić information content (AvgIpc) is 4.03. The zero-order valence-electron chi connectivity index (χ0n) is 39.2. The van der Waals surface area contributed by atoms with Gasteiger partial charge in [-0.2, -0.15) is 0 Å². The smallest absolute Gasteiger partial charge is 0.174 e. The van der Waals surface area contributed by atoms with Crippen LogP contribution >= 0.6 is 0 Å². The van der Waals surface area contributed by atoms with Gasteiger partial charge in [-0.25, -0.2) is 5.26 Å². The number of hydrogen-bond donors (Lipinski definition) is 2. The third kappa shape index (κ3) is 5.36. The van der Waals surface area contributed by atoms with Crippen LogP contribution < -0.4 is 4.89 Å². The summed E-state index contributed by atoms with van der Waals surface area (Å²) >= 11 is 0. The Morgan fingerprint density at radius 3 is 1.16 bits per heavy atom. The van der Waals surface area contributed by atoms with Crippen molar-refractivity contribution in [1.29, 1.82) is 0 Å². The minimum Gasteiger partial charge on any atom is -0.507 e. The van der Waals surface area contributed by atoms with Gasteiger partial charge < -0.3 is 9.99 Å². The van der Waals surface area contributed by atoms with Crippen molar-refractivity contribution < 1.29 is 15.3 Å². The highest BCUT2D eigenvalue weighted by Gasteiger charge is 2.35. The van der Waals surface area contributed by atoms with Crippen LogP contribution in [-0.4, -0.2) is 10.4 Å². The maximum Gasteiger partial charge on any atom is 0.174 e. The predicted molar refractivity (Wildman–Crippen MR) is 304 cm³/mol. The fourth-order valence-electron chi connectivity index (χ4n) is 13.4. The Kier molecular flexibility index (Phi) is 8.26. The second kappa shape index (κ2) is 15.0. The lowest BCUT2D eigenvalue weighted by atomic mass is 9.81. The molecule has 73 heavy (non-hydrogen) atoms. The van der Waals surface area contributed by atoms with E-state index in [-0.39, 0.29) is 5.75 Å². The maximum absolute atomic E-state index is 12.9. The van der Waals surface area contributed by atoms with Crippen molar-refractivity contribution in [2.75, 3.05) is 0 Å². The van der Waals surface area contributed by atoms with Gasteiger partial charge in [0.05, 0.1) is 0 Å². The summed E-state index contributed by atoms with van der Waals surface area (Å²) in [6.45, 7) is 0. The third-order valence-electron chi connectivity index (χ3n) is 16.2. The number of aromatic hydroxyl groups is 1. The van der Waals surface area contributed by atoms with E-state index >= 15 is 0 Å². The quantitative estimate of drug-likeness (QED) is 0.0756. The van der Waals surface area contributed by atoms with Crippen LogP contribution in [0.25, 0.3) is 165 Å². The summed E-state index contributed by atoms with van der Waals surface area (Å²) in [5.74, 6) is 0.627. The zero-order valence-corrected chi connectivity index (χ0v) is 39.2. The Hall–Kier alpha value is -9.54. The molecule has 2 N–H and O–H groups in total. The molecular weight excluding hydrogens is 889 g/mol. The molecule has 338 valence electrons. The molecule has 0 aromatic heterocycles. The number of benzene rings is 14. The summed E-state index contributed by atoms with van der Waals surface area (Å²) in [7, 11) is 0. The molecule has 0 saturated carbocycles. The zero-order chi connectivity index (χ0) is 48.1. The maximum atomic E-state index is 12.9. The van der Waals surface area contributed by atoms with Crippen molar-refractivity contribution in [3.63, 3.8) is 0 Å². The van der Waals surface area contributed by atoms with E-state index in [1.165, 1.54) is 22.3 Å². The van der Waals surface area contributed by atoms with E-state index in [1.54, 1.807) is 0 Å². The van der Waals surface area contributed by atoms with Gasteiger partial charge in [-0.1, -0.05) is 218 Å². The molecule has 0 heterocycles. The summed E-state index contributed by atoms with van der Waals surface area (Å²) < 4.78 is 0.